The van der Waals surface area contributed by atoms with Crippen LogP contribution in [0, 0.1) is 13.8 Å². The summed E-state index contributed by atoms with van der Waals surface area (Å²) in [5, 5.41) is 6.88. The number of aromatic amines is 1. The van der Waals surface area contributed by atoms with Gasteiger partial charge in [-0.2, -0.15) is 0 Å². The maximum atomic E-state index is 12.4. The van der Waals surface area contributed by atoms with Crippen LogP contribution in [0.4, 0.5) is 5.13 Å². The SMILES string of the molecule is CCOC(=O)c1[nH]c(C)c(S(=O)(=O)Nc2nnns2)c1C. The Morgan fingerprint density at radius 2 is 2.14 bits per heavy atom. The van der Waals surface area contributed by atoms with E-state index < -0.39 is 16.0 Å². The van der Waals surface area contributed by atoms with Gasteiger partial charge in [-0.1, -0.05) is 9.59 Å². The van der Waals surface area contributed by atoms with Gasteiger partial charge < -0.3 is 9.72 Å². The molecule has 11 heteroatoms. The lowest BCUT2D eigenvalue weighted by Crippen LogP contribution is -2.15. The minimum absolute atomic E-state index is 0.0132. The monoisotopic (exact) mass is 331 g/mol. The fraction of sp³-hybridized carbons (Fsp3) is 0.400. The molecule has 2 rings (SSSR count). The van der Waals surface area contributed by atoms with Gasteiger partial charge in [0.25, 0.3) is 10.0 Å². The third kappa shape index (κ3) is 3.03. The fourth-order valence-electron chi connectivity index (χ4n) is 1.88. The number of anilines is 1. The van der Waals surface area contributed by atoms with Crippen LogP contribution in [0.2, 0.25) is 0 Å². The lowest BCUT2D eigenvalue weighted by molar-refractivity contribution is 0.0519. The first kappa shape index (κ1) is 15.4. The van der Waals surface area contributed by atoms with Crippen LogP contribution in [-0.4, -0.2) is 40.8 Å². The van der Waals surface area contributed by atoms with E-state index in [2.05, 4.69) is 24.5 Å². The third-order valence-corrected chi connectivity index (χ3v) is 4.89. The molecule has 2 aromatic rings. The number of hydrogen-bond donors (Lipinski definition) is 2. The predicted molar refractivity (Wildman–Crippen MR) is 74.7 cm³/mol. The molecule has 0 spiro atoms. The van der Waals surface area contributed by atoms with Crippen LogP contribution in [-0.2, 0) is 14.8 Å². The van der Waals surface area contributed by atoms with Gasteiger partial charge in [0.2, 0.25) is 5.13 Å². The van der Waals surface area contributed by atoms with Gasteiger partial charge in [0.15, 0.2) is 0 Å². The Labute approximate surface area is 124 Å². The summed E-state index contributed by atoms with van der Waals surface area (Å²) in [6.07, 6.45) is 0. The van der Waals surface area contributed by atoms with Gasteiger partial charge in [-0.3, -0.25) is 4.72 Å². The Balaban J connectivity index is 2.42. The molecule has 0 saturated heterocycles. The lowest BCUT2D eigenvalue weighted by atomic mass is 10.2. The van der Waals surface area contributed by atoms with E-state index in [1.165, 1.54) is 6.92 Å². The lowest BCUT2D eigenvalue weighted by Gasteiger charge is -2.05. The van der Waals surface area contributed by atoms with Crippen molar-refractivity contribution in [3.05, 3.63) is 17.0 Å². The molecule has 0 unspecified atom stereocenters. The van der Waals surface area contributed by atoms with Crippen molar-refractivity contribution in [2.24, 2.45) is 0 Å². The normalized spacial score (nSPS) is 11.4. The van der Waals surface area contributed by atoms with Gasteiger partial charge in [0.1, 0.15) is 10.6 Å². The topological polar surface area (TPSA) is 127 Å². The van der Waals surface area contributed by atoms with Crippen molar-refractivity contribution in [2.75, 3.05) is 11.3 Å². The summed E-state index contributed by atoms with van der Waals surface area (Å²) in [5.41, 5.74) is 0.738. The summed E-state index contributed by atoms with van der Waals surface area (Å²) in [7, 11) is -3.89. The van der Waals surface area contributed by atoms with Crippen LogP contribution in [0.3, 0.4) is 0 Å². The number of aromatic nitrogens is 4. The molecule has 9 nitrogen and oxygen atoms in total. The smallest absolute Gasteiger partial charge is 0.355 e. The average molecular weight is 331 g/mol. The van der Waals surface area contributed by atoms with Gasteiger partial charge in [-0.05, 0) is 26.0 Å². The Bertz CT molecular complexity index is 751. The maximum absolute atomic E-state index is 12.4. The molecule has 21 heavy (non-hydrogen) atoms. The summed E-state index contributed by atoms with van der Waals surface area (Å²) in [6, 6.07) is 0. The van der Waals surface area contributed by atoms with Crippen molar-refractivity contribution < 1.29 is 17.9 Å². The highest BCUT2D eigenvalue weighted by molar-refractivity contribution is 7.93. The van der Waals surface area contributed by atoms with Crippen LogP contribution in [0.15, 0.2) is 4.90 Å². The van der Waals surface area contributed by atoms with Crippen LogP contribution in [0.1, 0.15) is 28.7 Å². The Morgan fingerprint density at radius 1 is 1.43 bits per heavy atom. The average Bonchev–Trinajstić information content (AvgIpc) is 2.97. The number of carbonyl (C=O) groups excluding carboxylic acids is 1. The van der Waals surface area contributed by atoms with Gasteiger partial charge >= 0.3 is 5.97 Å². The second-order valence-corrected chi connectivity index (χ2v) is 6.42. The Hall–Kier alpha value is -2.01. The molecule has 114 valence electrons. The van der Waals surface area contributed by atoms with E-state index >= 15 is 0 Å². The summed E-state index contributed by atoms with van der Waals surface area (Å²) >= 11 is 0.813. The first-order valence-corrected chi connectivity index (χ1v) is 8.16. The molecule has 0 saturated carbocycles. The minimum Gasteiger partial charge on any atom is -0.461 e. The minimum atomic E-state index is -3.89. The number of H-pyrrole nitrogens is 1. The van der Waals surface area contributed by atoms with Crippen molar-refractivity contribution >= 4 is 32.7 Å². The van der Waals surface area contributed by atoms with Crippen LogP contribution >= 0.6 is 11.5 Å². The van der Waals surface area contributed by atoms with Gasteiger partial charge in [0, 0.05) is 22.8 Å². The zero-order chi connectivity index (χ0) is 15.6. The molecule has 0 fully saturated rings. The molecule has 0 amide bonds. The second-order valence-electron chi connectivity index (χ2n) is 4.07. The number of sulfonamides is 1. The molecule has 2 aromatic heterocycles. The van der Waals surface area contributed by atoms with E-state index in [0.29, 0.717) is 5.69 Å². The first-order chi connectivity index (χ1) is 9.86. The van der Waals surface area contributed by atoms with Gasteiger partial charge in [-0.25, -0.2) is 13.2 Å². The second kappa shape index (κ2) is 5.77. The number of hydrogen-bond acceptors (Lipinski definition) is 8. The van der Waals surface area contributed by atoms with Crippen LogP contribution in [0.25, 0.3) is 0 Å². The molecule has 0 aromatic carbocycles. The predicted octanol–water partition coefficient (Wildman–Crippen LogP) is 0.856. The van der Waals surface area contributed by atoms with Gasteiger partial charge in [0.05, 0.1) is 6.61 Å². The van der Waals surface area contributed by atoms with E-state index in [-0.39, 0.29) is 27.9 Å². The summed E-state index contributed by atoms with van der Waals surface area (Å²) < 4.78 is 35.3. The van der Waals surface area contributed by atoms with Crippen molar-refractivity contribution in [3.8, 4) is 0 Å². The number of aryl methyl sites for hydroxylation is 1. The van der Waals surface area contributed by atoms with Crippen molar-refractivity contribution in [3.63, 3.8) is 0 Å². The van der Waals surface area contributed by atoms with Gasteiger partial charge in [-0.15, -0.1) is 0 Å². The number of nitrogens with one attached hydrogen (secondary N) is 2. The number of rotatable bonds is 5. The van der Waals surface area contributed by atoms with E-state index in [1.54, 1.807) is 13.8 Å². The largest absolute Gasteiger partial charge is 0.461 e. The third-order valence-electron chi connectivity index (χ3n) is 2.64. The Morgan fingerprint density at radius 3 is 2.71 bits per heavy atom. The molecule has 0 bridgehead atoms. The van der Waals surface area contributed by atoms with E-state index in [4.69, 9.17) is 4.74 Å². The summed E-state index contributed by atoms with van der Waals surface area (Å²) in [4.78, 5) is 14.5. The number of ether oxygens (including phenoxy) is 1. The molecule has 0 radical (unpaired) electrons. The highest BCUT2D eigenvalue weighted by Crippen LogP contribution is 2.25. The molecule has 0 atom stereocenters. The number of carbonyl (C=O) groups is 1. The van der Waals surface area contributed by atoms with E-state index in [9.17, 15) is 13.2 Å². The first-order valence-electron chi connectivity index (χ1n) is 5.91. The van der Waals surface area contributed by atoms with E-state index in [0.717, 1.165) is 11.5 Å². The standard InChI is InChI=1S/C10H13N5O4S2/c1-4-19-9(16)7-5(2)8(6(3)11-7)21(17,18)13-10-12-14-15-20-10/h11H,4H2,1-3H3,(H,12,13,15). The van der Waals surface area contributed by atoms with Crippen molar-refractivity contribution in [2.45, 2.75) is 25.7 Å². The van der Waals surface area contributed by atoms with E-state index in [1.807, 2.05) is 0 Å². The van der Waals surface area contributed by atoms with Crippen LogP contribution in [0.5, 0.6) is 0 Å². The zero-order valence-corrected chi connectivity index (χ0v) is 13.1. The number of esters is 1. The molecular formula is C10H13N5O4S2. The zero-order valence-electron chi connectivity index (χ0n) is 11.5. The quantitative estimate of drug-likeness (QED) is 0.778. The Kier molecular flexibility index (Phi) is 4.23. The van der Waals surface area contributed by atoms with Crippen LogP contribution < -0.4 is 4.72 Å². The molecular weight excluding hydrogens is 318 g/mol. The highest BCUT2D eigenvalue weighted by Gasteiger charge is 2.27. The molecule has 2 N–H and O–H groups in total. The number of nitrogens with zero attached hydrogens (tertiary/aromatic N) is 3. The highest BCUT2D eigenvalue weighted by atomic mass is 32.2. The molecule has 0 aliphatic carbocycles. The fourth-order valence-corrected chi connectivity index (χ4v) is 3.92. The summed E-state index contributed by atoms with van der Waals surface area (Å²) in [6.45, 7) is 4.96. The summed E-state index contributed by atoms with van der Waals surface area (Å²) in [5.74, 6) is -0.600. The maximum Gasteiger partial charge on any atom is 0.355 e. The molecule has 0 aliphatic heterocycles. The van der Waals surface area contributed by atoms with Crippen molar-refractivity contribution in [1.82, 2.24) is 19.8 Å². The molecule has 2 heterocycles. The van der Waals surface area contributed by atoms with Crippen molar-refractivity contribution in [1.29, 1.82) is 0 Å². The molecule has 0 aliphatic rings.